The summed E-state index contributed by atoms with van der Waals surface area (Å²) in [5.41, 5.74) is 1.08. The van der Waals surface area contributed by atoms with Gasteiger partial charge in [0.2, 0.25) is 9.70 Å². The maximum Gasteiger partial charge on any atom is 0.258 e. The van der Waals surface area contributed by atoms with Crippen LogP contribution in [-0.2, 0) is 9.59 Å². The van der Waals surface area contributed by atoms with Crippen molar-refractivity contribution >= 4 is 58.0 Å². The van der Waals surface area contributed by atoms with Crippen LogP contribution in [0.15, 0.2) is 35.4 Å². The Balaban J connectivity index is 2.34. The van der Waals surface area contributed by atoms with Crippen LogP contribution in [-0.4, -0.2) is 27.4 Å². The highest BCUT2D eigenvalue weighted by Gasteiger charge is 2.48. The lowest BCUT2D eigenvalue weighted by Gasteiger charge is -2.29. The number of halogens is 3. The van der Waals surface area contributed by atoms with Gasteiger partial charge < -0.3 is 5.32 Å². The summed E-state index contributed by atoms with van der Waals surface area (Å²) in [7, 11) is 0. The number of hydrogen-bond donors (Lipinski definition) is 1. The number of carbonyl (C=O) groups excluding carboxylic acids is 2. The Morgan fingerprint density at radius 3 is 2.41 bits per heavy atom. The highest BCUT2D eigenvalue weighted by Crippen LogP contribution is 2.37. The molecular weight excluding hydrogens is 349 g/mol. The molecule has 0 unspecified atom stereocenters. The normalized spacial score (nSPS) is 19.9. The minimum atomic E-state index is -1.84. The number of carbonyl (C=O) groups is 2. The Bertz CT molecular complexity index is 614. The van der Waals surface area contributed by atoms with Gasteiger partial charge in [-0.15, -0.1) is 0 Å². The molecule has 0 radical (unpaired) electrons. The zero-order valence-electron chi connectivity index (χ0n) is 11.9. The van der Waals surface area contributed by atoms with Crippen LogP contribution in [0.2, 0.25) is 0 Å². The number of alkyl halides is 3. The van der Waals surface area contributed by atoms with E-state index in [4.69, 9.17) is 34.8 Å². The van der Waals surface area contributed by atoms with Crippen LogP contribution in [0.4, 0.5) is 5.69 Å². The van der Waals surface area contributed by atoms with Crippen LogP contribution >= 0.6 is 34.8 Å². The third-order valence-electron chi connectivity index (χ3n) is 3.23. The maximum absolute atomic E-state index is 12.7. The molecule has 0 aromatic heterocycles. The molecule has 0 bridgehead atoms. The quantitative estimate of drug-likeness (QED) is 0.840. The van der Waals surface area contributed by atoms with Gasteiger partial charge in [0.05, 0.1) is 17.4 Å². The van der Waals surface area contributed by atoms with E-state index < -0.39 is 21.7 Å². The van der Waals surface area contributed by atoms with Gasteiger partial charge in [0.15, 0.2) is 0 Å². The zero-order chi connectivity index (χ0) is 16.5. The second kappa shape index (κ2) is 6.44. The highest BCUT2D eigenvalue weighted by molar-refractivity contribution is 6.68. The molecule has 0 fully saturated rings. The van der Waals surface area contributed by atoms with Gasteiger partial charge >= 0.3 is 0 Å². The van der Waals surface area contributed by atoms with Crippen molar-refractivity contribution in [2.24, 2.45) is 11.0 Å². The number of anilines is 1. The number of hydrazone groups is 1. The summed E-state index contributed by atoms with van der Waals surface area (Å²) >= 11 is 17.8. The van der Waals surface area contributed by atoms with E-state index in [0.717, 1.165) is 0 Å². The van der Waals surface area contributed by atoms with Crippen LogP contribution in [0.5, 0.6) is 0 Å². The second-order valence-electron chi connectivity index (χ2n) is 4.92. The topological polar surface area (TPSA) is 61.8 Å². The summed E-state index contributed by atoms with van der Waals surface area (Å²) in [4.78, 5) is 24.0. The molecule has 1 aromatic rings. The Hall–Kier alpha value is -1.30. The zero-order valence-corrected chi connectivity index (χ0v) is 14.2. The van der Waals surface area contributed by atoms with Crippen LogP contribution < -0.4 is 10.3 Å². The van der Waals surface area contributed by atoms with Gasteiger partial charge in [-0.3, -0.25) is 9.59 Å². The van der Waals surface area contributed by atoms with E-state index >= 15 is 0 Å². The Labute approximate surface area is 143 Å². The minimum absolute atomic E-state index is 0.353. The number of rotatable bonds is 3. The van der Waals surface area contributed by atoms with E-state index in [9.17, 15) is 9.59 Å². The van der Waals surface area contributed by atoms with Crippen molar-refractivity contribution in [3.63, 3.8) is 0 Å². The van der Waals surface area contributed by atoms with Crippen LogP contribution in [0.3, 0.4) is 0 Å². The molecule has 1 aliphatic heterocycles. The summed E-state index contributed by atoms with van der Waals surface area (Å²) in [5, 5.41) is 8.02. The van der Waals surface area contributed by atoms with Crippen molar-refractivity contribution in [1.29, 1.82) is 0 Å². The van der Waals surface area contributed by atoms with Crippen molar-refractivity contribution in [1.82, 2.24) is 5.32 Å². The molecule has 0 aliphatic carbocycles. The van der Waals surface area contributed by atoms with Crippen molar-refractivity contribution in [3.05, 3.63) is 30.3 Å². The lowest BCUT2D eigenvalue weighted by atomic mass is 9.95. The van der Waals surface area contributed by atoms with E-state index in [1.807, 2.05) is 6.07 Å². The van der Waals surface area contributed by atoms with Gasteiger partial charge in [-0.2, -0.15) is 5.10 Å². The van der Waals surface area contributed by atoms with Gasteiger partial charge in [0, 0.05) is 6.92 Å². The van der Waals surface area contributed by atoms with Gasteiger partial charge in [0.1, 0.15) is 5.92 Å². The molecule has 1 N–H and O–H groups in total. The average molecular weight is 363 g/mol. The first-order valence-electron chi connectivity index (χ1n) is 6.49. The molecule has 118 valence electrons. The van der Waals surface area contributed by atoms with Crippen molar-refractivity contribution in [3.8, 4) is 0 Å². The van der Waals surface area contributed by atoms with Gasteiger partial charge in [-0.05, 0) is 19.1 Å². The standard InChI is InChI=1S/C14H14Cl3N3O2/c1-8-11(12(14(15,16)17)18-9(2)21)13(22)20(19-8)10-6-4-3-5-7-10/h3-7,11-12H,1-2H3,(H,18,21)/t11-,12-/m1/s1. The molecule has 0 saturated heterocycles. The molecule has 1 aromatic carbocycles. The van der Waals surface area contributed by atoms with Gasteiger partial charge in [-0.25, -0.2) is 5.01 Å². The number of para-hydroxylation sites is 1. The van der Waals surface area contributed by atoms with Crippen LogP contribution in [0, 0.1) is 5.92 Å². The fourth-order valence-electron chi connectivity index (χ4n) is 2.29. The second-order valence-corrected chi connectivity index (χ2v) is 7.29. The molecule has 2 atom stereocenters. The lowest BCUT2D eigenvalue weighted by molar-refractivity contribution is -0.122. The Kier molecular flexibility index (Phi) is 5.00. The predicted molar refractivity (Wildman–Crippen MR) is 88.4 cm³/mol. The summed E-state index contributed by atoms with van der Waals surface area (Å²) in [6.45, 7) is 2.96. The fourth-order valence-corrected chi connectivity index (χ4v) is 2.83. The molecule has 22 heavy (non-hydrogen) atoms. The van der Waals surface area contributed by atoms with Crippen LogP contribution in [0.1, 0.15) is 13.8 Å². The molecule has 0 spiro atoms. The fraction of sp³-hybridized carbons (Fsp3) is 0.357. The lowest BCUT2D eigenvalue weighted by Crippen LogP contribution is -2.52. The molecule has 8 heteroatoms. The number of nitrogens with one attached hydrogen (secondary N) is 1. The van der Waals surface area contributed by atoms with Crippen molar-refractivity contribution in [2.75, 3.05) is 5.01 Å². The summed E-state index contributed by atoms with van der Waals surface area (Å²) in [6.07, 6.45) is 0. The number of nitrogens with zero attached hydrogens (tertiary/aromatic N) is 2. The van der Waals surface area contributed by atoms with Crippen LogP contribution in [0.25, 0.3) is 0 Å². The number of benzene rings is 1. The smallest absolute Gasteiger partial charge is 0.258 e. The average Bonchev–Trinajstić information content (AvgIpc) is 2.71. The molecule has 0 saturated carbocycles. The highest BCUT2D eigenvalue weighted by atomic mass is 35.6. The molecule has 5 nitrogen and oxygen atoms in total. The summed E-state index contributed by atoms with van der Waals surface area (Å²) in [5.74, 6) is -1.58. The van der Waals surface area contributed by atoms with Gasteiger partial charge in [-0.1, -0.05) is 53.0 Å². The minimum Gasteiger partial charge on any atom is -0.348 e. The third kappa shape index (κ3) is 3.54. The molecule has 2 rings (SSSR count). The van der Waals surface area contributed by atoms with Gasteiger partial charge in [0.25, 0.3) is 5.91 Å². The monoisotopic (exact) mass is 361 g/mol. The Morgan fingerprint density at radius 2 is 1.91 bits per heavy atom. The summed E-state index contributed by atoms with van der Waals surface area (Å²) in [6, 6.07) is 7.92. The van der Waals surface area contributed by atoms with E-state index in [0.29, 0.717) is 11.4 Å². The van der Waals surface area contributed by atoms with E-state index in [1.165, 1.54) is 11.9 Å². The predicted octanol–water partition coefficient (Wildman–Crippen LogP) is 2.90. The largest absolute Gasteiger partial charge is 0.348 e. The third-order valence-corrected chi connectivity index (χ3v) is 3.93. The SMILES string of the molecule is CC(=O)N[C@H]([C@@H]1C(=O)N(c2ccccc2)N=C1C)C(Cl)(Cl)Cl. The van der Waals surface area contributed by atoms with Crippen molar-refractivity contribution in [2.45, 2.75) is 23.7 Å². The van der Waals surface area contributed by atoms with Crippen molar-refractivity contribution < 1.29 is 9.59 Å². The first kappa shape index (κ1) is 17.1. The maximum atomic E-state index is 12.7. The molecule has 1 heterocycles. The first-order chi connectivity index (χ1) is 10.2. The van der Waals surface area contributed by atoms with E-state index in [2.05, 4.69) is 10.4 Å². The molecular formula is C14H14Cl3N3O2. The Morgan fingerprint density at radius 1 is 1.32 bits per heavy atom. The summed E-state index contributed by atoms with van der Waals surface area (Å²) < 4.78 is -1.84. The molecule has 2 amide bonds. The number of amides is 2. The number of hydrogen-bond acceptors (Lipinski definition) is 3. The van der Waals surface area contributed by atoms with E-state index in [-0.39, 0.29) is 5.91 Å². The molecule has 1 aliphatic rings. The first-order valence-corrected chi connectivity index (χ1v) is 7.63. The van der Waals surface area contributed by atoms with E-state index in [1.54, 1.807) is 31.2 Å².